The third kappa shape index (κ3) is 3.73. The quantitative estimate of drug-likeness (QED) is 0.716. The van der Waals surface area contributed by atoms with Crippen molar-refractivity contribution < 1.29 is 14.3 Å². The second kappa shape index (κ2) is 7.53. The summed E-state index contributed by atoms with van der Waals surface area (Å²) in [6.07, 6.45) is 0. The summed E-state index contributed by atoms with van der Waals surface area (Å²) >= 11 is 1.68. The zero-order valence-electron chi connectivity index (χ0n) is 16.2. The lowest BCUT2D eigenvalue weighted by Gasteiger charge is -2.32. The molecule has 0 spiro atoms. The number of fused-ring (bicyclic) bond motifs is 2. The van der Waals surface area contributed by atoms with Gasteiger partial charge in [-0.25, -0.2) is 4.98 Å². The number of piperazine rings is 1. The SMILES string of the molecule is CN1CCN(c2nc3cc(C(=O)Nc4ccc5c(c4)OCCO5)ccc3s2)CC1. The van der Waals surface area contributed by atoms with Crippen LogP contribution < -0.4 is 19.7 Å². The molecule has 1 amide bonds. The van der Waals surface area contributed by atoms with E-state index in [1.54, 1.807) is 17.4 Å². The van der Waals surface area contributed by atoms with E-state index < -0.39 is 0 Å². The number of nitrogens with one attached hydrogen (secondary N) is 1. The Labute approximate surface area is 172 Å². The number of anilines is 2. The van der Waals surface area contributed by atoms with Gasteiger partial charge in [0.1, 0.15) is 13.2 Å². The van der Waals surface area contributed by atoms with Gasteiger partial charge in [-0.2, -0.15) is 0 Å². The van der Waals surface area contributed by atoms with Crippen LogP contribution in [0, 0.1) is 0 Å². The van der Waals surface area contributed by atoms with Crippen molar-refractivity contribution in [3.05, 3.63) is 42.0 Å². The second-order valence-corrected chi connectivity index (χ2v) is 8.29. The lowest BCUT2D eigenvalue weighted by Crippen LogP contribution is -2.44. The monoisotopic (exact) mass is 410 g/mol. The molecule has 0 aliphatic carbocycles. The van der Waals surface area contributed by atoms with Gasteiger partial charge in [-0.15, -0.1) is 0 Å². The van der Waals surface area contributed by atoms with E-state index in [0.29, 0.717) is 36.0 Å². The minimum absolute atomic E-state index is 0.169. The fourth-order valence-electron chi connectivity index (χ4n) is 3.51. The molecule has 1 aromatic heterocycles. The molecule has 0 saturated carbocycles. The molecule has 0 radical (unpaired) electrons. The van der Waals surface area contributed by atoms with E-state index in [-0.39, 0.29) is 5.91 Å². The molecule has 1 N–H and O–H groups in total. The number of likely N-dealkylation sites (N-methyl/N-ethyl adjacent to an activating group) is 1. The topological polar surface area (TPSA) is 66.9 Å². The lowest BCUT2D eigenvalue weighted by molar-refractivity contribution is 0.102. The van der Waals surface area contributed by atoms with Gasteiger partial charge in [0.2, 0.25) is 0 Å². The summed E-state index contributed by atoms with van der Waals surface area (Å²) < 4.78 is 12.2. The third-order valence-corrected chi connectivity index (χ3v) is 6.31. The van der Waals surface area contributed by atoms with Crippen LogP contribution >= 0.6 is 11.3 Å². The van der Waals surface area contributed by atoms with Gasteiger partial charge in [-0.3, -0.25) is 4.79 Å². The van der Waals surface area contributed by atoms with Crippen LogP contribution in [0.4, 0.5) is 10.8 Å². The van der Waals surface area contributed by atoms with Crippen molar-refractivity contribution in [2.24, 2.45) is 0 Å². The van der Waals surface area contributed by atoms with Crippen LogP contribution in [0.3, 0.4) is 0 Å². The van der Waals surface area contributed by atoms with E-state index >= 15 is 0 Å². The first-order valence-corrected chi connectivity index (χ1v) is 10.5. The molecular weight excluding hydrogens is 388 g/mol. The summed E-state index contributed by atoms with van der Waals surface area (Å²) in [6, 6.07) is 11.1. The Morgan fingerprint density at radius 2 is 1.83 bits per heavy atom. The van der Waals surface area contributed by atoms with Crippen molar-refractivity contribution in [1.29, 1.82) is 0 Å². The van der Waals surface area contributed by atoms with Crippen LogP contribution in [0.1, 0.15) is 10.4 Å². The summed E-state index contributed by atoms with van der Waals surface area (Å²) in [5.74, 6) is 1.19. The normalized spacial score (nSPS) is 16.8. The average molecular weight is 410 g/mol. The molecule has 0 atom stereocenters. The molecule has 1 fully saturated rings. The first kappa shape index (κ1) is 18.2. The Kier molecular flexibility index (Phi) is 4.73. The minimum atomic E-state index is -0.169. The number of amides is 1. The number of hydrogen-bond acceptors (Lipinski definition) is 7. The Morgan fingerprint density at radius 3 is 2.66 bits per heavy atom. The molecule has 8 heteroatoms. The van der Waals surface area contributed by atoms with Crippen LogP contribution in [0.15, 0.2) is 36.4 Å². The van der Waals surface area contributed by atoms with Crippen LogP contribution in [0.25, 0.3) is 10.2 Å². The van der Waals surface area contributed by atoms with E-state index in [1.165, 1.54) is 0 Å². The molecule has 0 unspecified atom stereocenters. The Balaban J connectivity index is 1.34. The number of ether oxygens (including phenoxy) is 2. The van der Waals surface area contributed by atoms with E-state index in [2.05, 4.69) is 22.2 Å². The molecule has 29 heavy (non-hydrogen) atoms. The second-order valence-electron chi connectivity index (χ2n) is 7.28. The van der Waals surface area contributed by atoms with Gasteiger partial charge >= 0.3 is 0 Å². The molecule has 0 bridgehead atoms. The van der Waals surface area contributed by atoms with E-state index in [1.807, 2.05) is 30.3 Å². The maximum atomic E-state index is 12.7. The highest BCUT2D eigenvalue weighted by Gasteiger charge is 2.19. The largest absolute Gasteiger partial charge is 0.486 e. The van der Waals surface area contributed by atoms with Crippen LogP contribution in [0.5, 0.6) is 11.5 Å². The van der Waals surface area contributed by atoms with Crippen molar-refractivity contribution in [2.75, 3.05) is 56.7 Å². The van der Waals surface area contributed by atoms with Gasteiger partial charge in [-0.1, -0.05) is 11.3 Å². The molecule has 2 aliphatic heterocycles. The smallest absolute Gasteiger partial charge is 0.255 e. The zero-order valence-corrected chi connectivity index (χ0v) is 17.0. The number of aromatic nitrogens is 1. The van der Waals surface area contributed by atoms with Crippen molar-refractivity contribution >= 4 is 38.3 Å². The maximum absolute atomic E-state index is 12.7. The predicted octanol–water partition coefficient (Wildman–Crippen LogP) is 3.07. The molecule has 5 rings (SSSR count). The highest BCUT2D eigenvalue weighted by atomic mass is 32.1. The molecule has 7 nitrogen and oxygen atoms in total. The highest BCUT2D eigenvalue weighted by molar-refractivity contribution is 7.22. The number of carbonyl (C=O) groups is 1. The van der Waals surface area contributed by atoms with Crippen LogP contribution in [-0.4, -0.2) is 62.2 Å². The Bertz CT molecular complexity index is 1060. The van der Waals surface area contributed by atoms with Crippen molar-refractivity contribution in [3.8, 4) is 11.5 Å². The molecule has 2 aromatic carbocycles. The van der Waals surface area contributed by atoms with Crippen molar-refractivity contribution in [3.63, 3.8) is 0 Å². The number of hydrogen-bond donors (Lipinski definition) is 1. The van der Waals surface area contributed by atoms with Crippen molar-refractivity contribution in [1.82, 2.24) is 9.88 Å². The van der Waals surface area contributed by atoms with E-state index in [0.717, 1.165) is 41.5 Å². The molecule has 1 saturated heterocycles. The van der Waals surface area contributed by atoms with Gasteiger partial charge < -0.3 is 24.6 Å². The first-order chi connectivity index (χ1) is 14.2. The first-order valence-electron chi connectivity index (χ1n) is 9.71. The van der Waals surface area contributed by atoms with E-state index in [4.69, 9.17) is 14.5 Å². The fourth-order valence-corrected chi connectivity index (χ4v) is 4.51. The van der Waals surface area contributed by atoms with Gasteiger partial charge in [-0.05, 0) is 37.4 Å². The van der Waals surface area contributed by atoms with Gasteiger partial charge in [0.25, 0.3) is 5.91 Å². The highest BCUT2D eigenvalue weighted by Crippen LogP contribution is 2.33. The van der Waals surface area contributed by atoms with Crippen LogP contribution in [0.2, 0.25) is 0 Å². The number of nitrogens with zero attached hydrogens (tertiary/aromatic N) is 3. The molecule has 3 aromatic rings. The lowest BCUT2D eigenvalue weighted by atomic mass is 10.2. The fraction of sp³-hybridized carbons (Fsp3) is 0.333. The Hall–Kier alpha value is -2.84. The van der Waals surface area contributed by atoms with Crippen molar-refractivity contribution in [2.45, 2.75) is 0 Å². The summed E-state index contributed by atoms with van der Waals surface area (Å²) in [4.78, 5) is 22.2. The number of carbonyl (C=O) groups excluding carboxylic acids is 1. The van der Waals surface area contributed by atoms with Crippen LogP contribution in [-0.2, 0) is 0 Å². The summed E-state index contributed by atoms with van der Waals surface area (Å²) in [7, 11) is 2.14. The maximum Gasteiger partial charge on any atom is 0.255 e. The number of benzene rings is 2. The summed E-state index contributed by atoms with van der Waals surface area (Å²) in [5, 5.41) is 3.96. The van der Waals surface area contributed by atoms with Gasteiger partial charge in [0.05, 0.1) is 10.2 Å². The molecule has 150 valence electrons. The molecule has 2 aliphatic rings. The third-order valence-electron chi connectivity index (χ3n) is 5.21. The number of rotatable bonds is 3. The molecule has 3 heterocycles. The zero-order chi connectivity index (χ0) is 19.8. The summed E-state index contributed by atoms with van der Waals surface area (Å²) in [5.41, 5.74) is 2.12. The Morgan fingerprint density at radius 1 is 1.03 bits per heavy atom. The predicted molar refractivity (Wildman–Crippen MR) is 115 cm³/mol. The van der Waals surface area contributed by atoms with E-state index in [9.17, 15) is 4.79 Å². The number of thiazole rings is 1. The standard InChI is InChI=1S/C21H22N4O3S/c1-24-6-8-25(9-7-24)21-23-16-12-14(2-5-19(16)29-21)20(26)22-15-3-4-17-18(13-15)28-11-10-27-17/h2-5,12-13H,6-11H2,1H3,(H,22,26). The van der Waals surface area contributed by atoms with Gasteiger partial charge in [0, 0.05) is 43.5 Å². The molecular formula is C21H22N4O3S. The van der Waals surface area contributed by atoms with Gasteiger partial charge in [0.15, 0.2) is 16.6 Å². The minimum Gasteiger partial charge on any atom is -0.486 e. The average Bonchev–Trinajstić information content (AvgIpc) is 3.17. The summed E-state index contributed by atoms with van der Waals surface area (Å²) in [6.45, 7) is 5.10.